The molecule has 0 aliphatic rings. The van der Waals surface area contributed by atoms with Crippen molar-refractivity contribution in [1.29, 1.82) is 0 Å². The van der Waals surface area contributed by atoms with E-state index in [1.165, 1.54) is 0 Å². The van der Waals surface area contributed by atoms with Gasteiger partial charge in [-0.2, -0.15) is 0 Å². The molecule has 0 saturated carbocycles. The molecule has 0 heterocycles. The first-order valence-electron chi connectivity index (χ1n) is 7.08. The van der Waals surface area contributed by atoms with Gasteiger partial charge in [0.25, 0.3) is 0 Å². The number of anilines is 1. The lowest BCUT2D eigenvalue weighted by molar-refractivity contribution is 0.250. The normalized spacial score (nSPS) is 13.0. The van der Waals surface area contributed by atoms with E-state index >= 15 is 0 Å². The molecule has 0 spiro atoms. The van der Waals surface area contributed by atoms with Crippen molar-refractivity contribution in [2.45, 2.75) is 18.7 Å². The molecule has 2 amide bonds. The number of aryl methyl sites for hydroxylation is 1. The lowest BCUT2D eigenvalue weighted by atomic mass is 10.2. The first-order valence-corrected chi connectivity index (χ1v) is 8.97. The second-order valence-corrected chi connectivity index (χ2v) is 7.22. The summed E-state index contributed by atoms with van der Waals surface area (Å²) >= 11 is 5.86. The van der Waals surface area contributed by atoms with Gasteiger partial charge in [-0.15, -0.1) is 4.36 Å². The topological polar surface area (TPSA) is 70.6 Å². The van der Waals surface area contributed by atoms with E-state index in [4.69, 9.17) is 11.6 Å². The minimum absolute atomic E-state index is 0.409. The average molecular weight is 352 g/mol. The number of nitrogens with zero attached hydrogens (tertiary/aromatic N) is 1. The van der Waals surface area contributed by atoms with Crippen molar-refractivity contribution in [2.24, 2.45) is 4.36 Å². The number of rotatable bonds is 4. The van der Waals surface area contributed by atoms with E-state index in [-0.39, 0.29) is 0 Å². The lowest BCUT2D eigenvalue weighted by Gasteiger charge is -2.13. The Labute approximate surface area is 141 Å². The molecule has 2 N–H and O–H groups in total. The predicted molar refractivity (Wildman–Crippen MR) is 94.2 cm³/mol. The summed E-state index contributed by atoms with van der Waals surface area (Å²) in [6.07, 6.45) is 0. The zero-order valence-corrected chi connectivity index (χ0v) is 14.4. The van der Waals surface area contributed by atoms with Crippen LogP contribution in [0.15, 0.2) is 57.8 Å². The summed E-state index contributed by atoms with van der Waals surface area (Å²) in [5.74, 6) is 0. The number of amides is 2. The van der Waals surface area contributed by atoms with Crippen molar-refractivity contribution in [1.82, 2.24) is 5.32 Å². The molecule has 0 bridgehead atoms. The first-order chi connectivity index (χ1) is 10.9. The molecule has 0 saturated heterocycles. The molecule has 0 aliphatic heterocycles. The SMILES string of the molecule is CCNC(=O)N=S(=O)(Nc1ccc(Cl)cc1)c1ccc(C)cc1. The Morgan fingerprint density at radius 2 is 1.74 bits per heavy atom. The van der Waals surface area contributed by atoms with Gasteiger partial charge in [-0.1, -0.05) is 29.3 Å². The molecule has 2 aromatic rings. The number of halogens is 1. The maximum absolute atomic E-state index is 13.3. The monoisotopic (exact) mass is 351 g/mol. The van der Waals surface area contributed by atoms with Crippen molar-refractivity contribution in [3.8, 4) is 0 Å². The Kier molecular flexibility index (Phi) is 5.63. The van der Waals surface area contributed by atoms with Crippen molar-refractivity contribution in [3.05, 3.63) is 59.1 Å². The highest BCUT2D eigenvalue weighted by Crippen LogP contribution is 2.20. The summed E-state index contributed by atoms with van der Waals surface area (Å²) in [5.41, 5.74) is 1.59. The van der Waals surface area contributed by atoms with Crippen LogP contribution in [0.1, 0.15) is 12.5 Å². The van der Waals surface area contributed by atoms with Crippen LogP contribution in [0.2, 0.25) is 5.02 Å². The number of carbonyl (C=O) groups excluding carboxylic acids is 1. The zero-order valence-electron chi connectivity index (χ0n) is 12.9. The molecule has 1 atom stereocenters. The second kappa shape index (κ2) is 7.48. The van der Waals surface area contributed by atoms with Crippen molar-refractivity contribution < 1.29 is 9.00 Å². The van der Waals surface area contributed by atoms with E-state index in [0.717, 1.165) is 5.56 Å². The van der Waals surface area contributed by atoms with Gasteiger partial charge in [0.2, 0.25) is 0 Å². The maximum atomic E-state index is 13.3. The quantitative estimate of drug-likeness (QED) is 0.865. The summed E-state index contributed by atoms with van der Waals surface area (Å²) in [5, 5.41) is 3.10. The van der Waals surface area contributed by atoms with Crippen LogP contribution in [0.25, 0.3) is 0 Å². The van der Waals surface area contributed by atoms with Gasteiger partial charge in [0.15, 0.2) is 9.92 Å². The van der Waals surface area contributed by atoms with Crippen LogP contribution >= 0.6 is 11.6 Å². The van der Waals surface area contributed by atoms with E-state index < -0.39 is 15.9 Å². The number of hydrogen-bond acceptors (Lipinski definition) is 2. The average Bonchev–Trinajstić information content (AvgIpc) is 2.50. The van der Waals surface area contributed by atoms with E-state index in [1.54, 1.807) is 43.3 Å². The maximum Gasteiger partial charge on any atom is 0.350 e. The van der Waals surface area contributed by atoms with Gasteiger partial charge in [-0.3, -0.25) is 4.72 Å². The Balaban J connectivity index is 2.46. The molecule has 122 valence electrons. The third-order valence-corrected chi connectivity index (χ3v) is 5.08. The predicted octanol–water partition coefficient (Wildman–Crippen LogP) is 4.23. The Morgan fingerprint density at radius 3 is 2.30 bits per heavy atom. The lowest BCUT2D eigenvalue weighted by Crippen LogP contribution is -2.23. The molecule has 0 fully saturated rings. The summed E-state index contributed by atoms with van der Waals surface area (Å²) in [4.78, 5) is 12.3. The Hall–Kier alpha value is -2.05. The molecule has 23 heavy (non-hydrogen) atoms. The highest BCUT2D eigenvalue weighted by molar-refractivity contribution is 7.95. The fourth-order valence-electron chi connectivity index (χ4n) is 1.84. The van der Waals surface area contributed by atoms with Crippen LogP contribution in [0.5, 0.6) is 0 Å². The van der Waals surface area contributed by atoms with Gasteiger partial charge in [0.05, 0.1) is 4.90 Å². The number of hydrogen-bond donors (Lipinski definition) is 2. The molecule has 0 aromatic heterocycles. The number of urea groups is 1. The van der Waals surface area contributed by atoms with E-state index in [2.05, 4.69) is 14.4 Å². The standard InChI is InChI=1S/C16H18ClN3O2S/c1-3-18-16(21)20-23(22,15-10-4-12(2)5-11-15)19-14-8-6-13(17)7-9-14/h4-11H,3H2,1-2H3,(H2,18,19,20,21,22). The van der Waals surface area contributed by atoms with Gasteiger partial charge < -0.3 is 5.32 Å². The highest BCUT2D eigenvalue weighted by atomic mass is 35.5. The molecule has 1 unspecified atom stereocenters. The minimum atomic E-state index is -3.15. The fraction of sp³-hybridized carbons (Fsp3) is 0.188. The van der Waals surface area contributed by atoms with Crippen LogP contribution < -0.4 is 10.0 Å². The smallest absolute Gasteiger partial charge is 0.336 e. The van der Waals surface area contributed by atoms with Crippen LogP contribution in [-0.4, -0.2) is 16.8 Å². The Bertz CT molecular complexity index is 795. The first kappa shape index (κ1) is 17.3. The molecule has 0 radical (unpaired) electrons. The minimum Gasteiger partial charge on any atom is -0.336 e. The van der Waals surface area contributed by atoms with Crippen molar-refractivity contribution in [3.63, 3.8) is 0 Å². The van der Waals surface area contributed by atoms with Gasteiger partial charge >= 0.3 is 6.03 Å². The van der Waals surface area contributed by atoms with E-state index in [0.29, 0.717) is 22.2 Å². The molecule has 5 nitrogen and oxygen atoms in total. The van der Waals surface area contributed by atoms with Gasteiger partial charge in [-0.25, -0.2) is 9.00 Å². The summed E-state index contributed by atoms with van der Waals surface area (Å²) < 4.78 is 20.0. The van der Waals surface area contributed by atoms with E-state index in [1.807, 2.05) is 19.1 Å². The van der Waals surface area contributed by atoms with Crippen LogP contribution in [0.3, 0.4) is 0 Å². The van der Waals surface area contributed by atoms with E-state index in [9.17, 15) is 9.00 Å². The largest absolute Gasteiger partial charge is 0.350 e. The molecular weight excluding hydrogens is 334 g/mol. The third kappa shape index (κ3) is 4.71. The van der Waals surface area contributed by atoms with Crippen LogP contribution in [0.4, 0.5) is 10.5 Å². The number of benzene rings is 2. The van der Waals surface area contributed by atoms with Crippen molar-refractivity contribution >= 4 is 33.2 Å². The van der Waals surface area contributed by atoms with Gasteiger partial charge in [-0.05, 0) is 50.2 Å². The molecule has 2 rings (SSSR count). The third-order valence-electron chi connectivity index (χ3n) is 2.98. The highest BCUT2D eigenvalue weighted by Gasteiger charge is 2.15. The second-order valence-electron chi connectivity index (χ2n) is 4.87. The number of nitrogens with one attached hydrogen (secondary N) is 2. The summed E-state index contributed by atoms with van der Waals surface area (Å²) in [7, 11) is -3.15. The molecule has 7 heteroatoms. The Morgan fingerprint density at radius 1 is 1.13 bits per heavy atom. The van der Waals surface area contributed by atoms with Gasteiger partial charge in [0.1, 0.15) is 0 Å². The van der Waals surface area contributed by atoms with Crippen LogP contribution in [-0.2, 0) is 9.92 Å². The molecular formula is C16H18ClN3O2S. The van der Waals surface area contributed by atoms with Gasteiger partial charge in [0, 0.05) is 17.3 Å². The molecule has 0 aliphatic carbocycles. The van der Waals surface area contributed by atoms with Crippen molar-refractivity contribution in [2.75, 3.05) is 11.3 Å². The zero-order chi connectivity index (χ0) is 16.9. The number of carbonyl (C=O) groups is 1. The summed E-state index contributed by atoms with van der Waals surface area (Å²) in [6.45, 7) is 4.11. The molecule has 2 aromatic carbocycles. The fourth-order valence-corrected chi connectivity index (χ4v) is 3.49. The summed E-state index contributed by atoms with van der Waals surface area (Å²) in [6, 6.07) is 13.1. The van der Waals surface area contributed by atoms with Crippen LogP contribution in [0, 0.1) is 6.92 Å².